The smallest absolute Gasteiger partial charge is 0.225 e. The Morgan fingerprint density at radius 3 is 2.65 bits per heavy atom. The number of hydrogen-bond donors (Lipinski definition) is 1. The molecule has 0 aromatic rings. The molecule has 0 bridgehead atoms. The number of nitrogens with two attached hydrogens (primary N) is 1. The van der Waals surface area contributed by atoms with Gasteiger partial charge in [0, 0.05) is 25.6 Å². The van der Waals surface area contributed by atoms with Gasteiger partial charge in [0.1, 0.15) is 0 Å². The Bertz CT molecular complexity index is 253. The Kier molecular flexibility index (Phi) is 5.44. The van der Waals surface area contributed by atoms with Crippen LogP contribution in [0.15, 0.2) is 0 Å². The number of amides is 1. The van der Waals surface area contributed by atoms with Crippen molar-refractivity contribution < 1.29 is 4.79 Å². The molecule has 0 aliphatic heterocycles. The molecule has 0 heterocycles. The van der Waals surface area contributed by atoms with E-state index in [2.05, 4.69) is 20.8 Å². The summed E-state index contributed by atoms with van der Waals surface area (Å²) in [6.07, 6.45) is 4.11. The summed E-state index contributed by atoms with van der Waals surface area (Å²) in [5.74, 6) is 1.59. The van der Waals surface area contributed by atoms with Crippen LogP contribution >= 0.6 is 0 Å². The highest BCUT2D eigenvalue weighted by molar-refractivity contribution is 5.79. The predicted molar refractivity (Wildman–Crippen MR) is 71.6 cm³/mol. The van der Waals surface area contributed by atoms with Crippen LogP contribution in [-0.4, -0.2) is 30.4 Å². The van der Waals surface area contributed by atoms with E-state index in [4.69, 9.17) is 5.73 Å². The average Bonchev–Trinajstić information content (AvgIpc) is 2.28. The van der Waals surface area contributed by atoms with Crippen molar-refractivity contribution in [2.24, 2.45) is 23.5 Å². The van der Waals surface area contributed by atoms with Crippen LogP contribution in [0.25, 0.3) is 0 Å². The van der Waals surface area contributed by atoms with Crippen LogP contribution in [0.4, 0.5) is 0 Å². The summed E-state index contributed by atoms with van der Waals surface area (Å²) in [4.78, 5) is 14.2. The summed E-state index contributed by atoms with van der Waals surface area (Å²) in [7, 11) is 1.93. The fourth-order valence-corrected chi connectivity index (χ4v) is 2.54. The fourth-order valence-electron chi connectivity index (χ4n) is 2.54. The van der Waals surface area contributed by atoms with Crippen LogP contribution in [0.2, 0.25) is 0 Å². The molecule has 1 amide bonds. The molecule has 3 atom stereocenters. The summed E-state index contributed by atoms with van der Waals surface area (Å²) in [5, 5.41) is 0. The fraction of sp³-hybridized carbons (Fsp3) is 0.929. The molecule has 1 saturated carbocycles. The molecule has 1 rings (SSSR count). The normalized spacial score (nSPS) is 29.4. The van der Waals surface area contributed by atoms with Crippen LogP contribution in [0.5, 0.6) is 0 Å². The maximum Gasteiger partial charge on any atom is 0.225 e. The van der Waals surface area contributed by atoms with E-state index in [1.807, 2.05) is 11.9 Å². The Morgan fingerprint density at radius 1 is 1.41 bits per heavy atom. The van der Waals surface area contributed by atoms with Crippen molar-refractivity contribution in [2.45, 2.75) is 52.5 Å². The molecule has 0 radical (unpaired) electrons. The number of hydrogen-bond acceptors (Lipinski definition) is 2. The quantitative estimate of drug-likeness (QED) is 0.819. The molecule has 100 valence electrons. The van der Waals surface area contributed by atoms with Gasteiger partial charge in [-0.1, -0.05) is 20.8 Å². The molecule has 3 heteroatoms. The molecule has 1 fully saturated rings. The molecule has 0 spiro atoms. The second kappa shape index (κ2) is 6.39. The standard InChI is InChI=1S/C14H28N2O/c1-10(2)7-8-16(4)14(17)13-9-12(15)6-5-11(13)3/h10-13H,5-9,15H2,1-4H3. The zero-order valence-corrected chi connectivity index (χ0v) is 11.8. The largest absolute Gasteiger partial charge is 0.346 e. The number of carbonyl (C=O) groups is 1. The topological polar surface area (TPSA) is 46.3 Å². The van der Waals surface area contributed by atoms with E-state index in [0.717, 1.165) is 32.2 Å². The molecular formula is C14H28N2O. The van der Waals surface area contributed by atoms with E-state index >= 15 is 0 Å². The first kappa shape index (κ1) is 14.5. The highest BCUT2D eigenvalue weighted by Gasteiger charge is 2.32. The third kappa shape index (κ3) is 4.30. The van der Waals surface area contributed by atoms with Gasteiger partial charge in [0.15, 0.2) is 0 Å². The maximum absolute atomic E-state index is 12.3. The van der Waals surface area contributed by atoms with Gasteiger partial charge in [-0.25, -0.2) is 0 Å². The molecule has 1 aliphatic carbocycles. The summed E-state index contributed by atoms with van der Waals surface area (Å²) >= 11 is 0. The zero-order chi connectivity index (χ0) is 13.0. The van der Waals surface area contributed by atoms with Gasteiger partial charge in [0.2, 0.25) is 5.91 Å². The van der Waals surface area contributed by atoms with Gasteiger partial charge in [-0.15, -0.1) is 0 Å². The lowest BCUT2D eigenvalue weighted by Crippen LogP contribution is -2.42. The van der Waals surface area contributed by atoms with Crippen molar-refractivity contribution >= 4 is 5.91 Å². The monoisotopic (exact) mass is 240 g/mol. The lowest BCUT2D eigenvalue weighted by atomic mass is 9.77. The van der Waals surface area contributed by atoms with Gasteiger partial charge in [-0.2, -0.15) is 0 Å². The Morgan fingerprint density at radius 2 is 2.06 bits per heavy atom. The minimum Gasteiger partial charge on any atom is -0.346 e. The van der Waals surface area contributed by atoms with E-state index < -0.39 is 0 Å². The molecule has 3 unspecified atom stereocenters. The second-order valence-corrected chi connectivity index (χ2v) is 6.10. The van der Waals surface area contributed by atoms with Gasteiger partial charge in [0.05, 0.1) is 0 Å². The molecule has 3 nitrogen and oxygen atoms in total. The summed E-state index contributed by atoms with van der Waals surface area (Å²) in [6.45, 7) is 7.44. The van der Waals surface area contributed by atoms with E-state index in [1.165, 1.54) is 0 Å². The molecule has 0 aromatic carbocycles. The lowest BCUT2D eigenvalue weighted by Gasteiger charge is -2.34. The molecule has 0 aromatic heterocycles. The van der Waals surface area contributed by atoms with E-state index in [9.17, 15) is 4.79 Å². The minimum absolute atomic E-state index is 0.149. The third-order valence-electron chi connectivity index (χ3n) is 3.97. The number of nitrogens with zero attached hydrogens (tertiary/aromatic N) is 1. The van der Waals surface area contributed by atoms with Crippen molar-refractivity contribution in [3.8, 4) is 0 Å². The van der Waals surface area contributed by atoms with E-state index in [1.54, 1.807) is 0 Å². The first-order valence-electron chi connectivity index (χ1n) is 6.92. The molecule has 0 saturated heterocycles. The van der Waals surface area contributed by atoms with Gasteiger partial charge in [-0.05, 0) is 37.5 Å². The van der Waals surface area contributed by atoms with Gasteiger partial charge in [0.25, 0.3) is 0 Å². The maximum atomic E-state index is 12.3. The minimum atomic E-state index is 0.149. The molecule has 17 heavy (non-hydrogen) atoms. The van der Waals surface area contributed by atoms with Gasteiger partial charge >= 0.3 is 0 Å². The van der Waals surface area contributed by atoms with Gasteiger partial charge in [-0.3, -0.25) is 4.79 Å². The summed E-state index contributed by atoms with van der Waals surface area (Å²) in [5.41, 5.74) is 5.98. The average molecular weight is 240 g/mol. The van der Waals surface area contributed by atoms with Crippen LogP contribution in [0, 0.1) is 17.8 Å². The predicted octanol–water partition coefficient (Wildman–Crippen LogP) is 2.25. The molecular weight excluding hydrogens is 212 g/mol. The zero-order valence-electron chi connectivity index (χ0n) is 11.8. The first-order valence-corrected chi connectivity index (χ1v) is 6.92. The van der Waals surface area contributed by atoms with Gasteiger partial charge < -0.3 is 10.6 Å². The highest BCUT2D eigenvalue weighted by atomic mass is 16.2. The summed E-state index contributed by atoms with van der Waals surface area (Å²) in [6, 6.07) is 0.221. The van der Waals surface area contributed by atoms with Crippen LogP contribution < -0.4 is 5.73 Å². The Balaban J connectivity index is 2.49. The lowest BCUT2D eigenvalue weighted by molar-refractivity contribution is -0.137. The molecule has 1 aliphatic rings. The van der Waals surface area contributed by atoms with Crippen molar-refractivity contribution in [3.05, 3.63) is 0 Å². The van der Waals surface area contributed by atoms with Crippen molar-refractivity contribution in [1.82, 2.24) is 4.90 Å². The Labute approximate surface area is 106 Å². The third-order valence-corrected chi connectivity index (χ3v) is 3.97. The summed E-state index contributed by atoms with van der Waals surface area (Å²) < 4.78 is 0. The second-order valence-electron chi connectivity index (χ2n) is 6.10. The van der Waals surface area contributed by atoms with Crippen LogP contribution in [0.3, 0.4) is 0 Å². The van der Waals surface area contributed by atoms with E-state index in [0.29, 0.717) is 17.7 Å². The van der Waals surface area contributed by atoms with Crippen molar-refractivity contribution in [3.63, 3.8) is 0 Å². The van der Waals surface area contributed by atoms with E-state index in [-0.39, 0.29) is 12.0 Å². The number of rotatable bonds is 4. The highest BCUT2D eigenvalue weighted by Crippen LogP contribution is 2.30. The van der Waals surface area contributed by atoms with Crippen LogP contribution in [-0.2, 0) is 4.79 Å². The Hall–Kier alpha value is -0.570. The van der Waals surface area contributed by atoms with Crippen molar-refractivity contribution in [2.75, 3.05) is 13.6 Å². The molecule has 2 N–H and O–H groups in total. The van der Waals surface area contributed by atoms with Crippen molar-refractivity contribution in [1.29, 1.82) is 0 Å². The SMILES string of the molecule is CC(C)CCN(C)C(=O)C1CC(N)CCC1C. The number of carbonyl (C=O) groups excluding carboxylic acids is 1. The first-order chi connectivity index (χ1) is 7.91. The van der Waals surface area contributed by atoms with Crippen LogP contribution in [0.1, 0.15) is 46.5 Å².